The van der Waals surface area contributed by atoms with Crippen LogP contribution in [0.4, 0.5) is 31.1 Å². The fraction of sp³-hybridized carbons (Fsp3) is 0.478. The van der Waals surface area contributed by atoms with Crippen molar-refractivity contribution in [1.82, 2.24) is 29.6 Å². The Hall–Kier alpha value is -3.78. The minimum absolute atomic E-state index is 0.0927. The van der Waals surface area contributed by atoms with Gasteiger partial charge in [-0.2, -0.15) is 26.3 Å². The number of urea groups is 1. The fourth-order valence-electron chi connectivity index (χ4n) is 4.21. The molecule has 3 aromatic heterocycles. The number of fused-ring (bicyclic) bond motifs is 1. The average Bonchev–Trinajstić information content (AvgIpc) is 3.28. The summed E-state index contributed by atoms with van der Waals surface area (Å²) in [6.07, 6.45) is -4.41. The predicted molar refractivity (Wildman–Crippen MR) is 122 cm³/mol. The maximum absolute atomic E-state index is 14.4. The molecule has 0 aliphatic heterocycles. The van der Waals surface area contributed by atoms with Crippen molar-refractivity contribution in [2.45, 2.75) is 44.7 Å². The molecule has 3 atom stereocenters. The lowest BCUT2D eigenvalue weighted by molar-refractivity contribution is -0.185. The molecule has 4 rings (SSSR count). The van der Waals surface area contributed by atoms with E-state index in [-0.39, 0.29) is 22.9 Å². The second kappa shape index (κ2) is 9.51. The molecule has 15 heteroatoms. The van der Waals surface area contributed by atoms with Gasteiger partial charge in [0, 0.05) is 36.7 Å². The molecule has 3 aromatic rings. The average molecular weight is 546 g/mol. The first kappa shape index (κ1) is 27.3. The quantitative estimate of drug-likeness (QED) is 0.429. The van der Waals surface area contributed by atoms with Crippen LogP contribution in [-0.2, 0) is 0 Å². The summed E-state index contributed by atoms with van der Waals surface area (Å²) >= 11 is 0. The standard InChI is InChI=1S/C23H24F6N6O3/c1-5-35(20(36)33-16-9-21(16,2)23(27,28)29)17(22(24,25)26)13-8-12(15(37-3)10-31-13)14-11-34-7-6-30-18(34)19(32-14)38-4/h6-8,10-11,16-17H,5,9H2,1-4H3,(H,33,36)/t16-,17-,21+/m0/s1. The molecule has 0 radical (unpaired) electrons. The van der Waals surface area contributed by atoms with E-state index in [1.807, 2.05) is 0 Å². The van der Waals surface area contributed by atoms with Crippen molar-refractivity contribution in [2.24, 2.45) is 5.41 Å². The summed E-state index contributed by atoms with van der Waals surface area (Å²) in [6, 6.07) is -4.11. The van der Waals surface area contributed by atoms with Gasteiger partial charge in [0.1, 0.15) is 5.75 Å². The number of halogens is 6. The van der Waals surface area contributed by atoms with E-state index in [1.165, 1.54) is 33.5 Å². The number of carbonyl (C=O) groups excluding carboxylic acids is 1. The Bertz CT molecular complexity index is 1340. The zero-order valence-electron chi connectivity index (χ0n) is 20.7. The van der Waals surface area contributed by atoms with Crippen LogP contribution in [0.3, 0.4) is 0 Å². The number of carbonyl (C=O) groups is 1. The van der Waals surface area contributed by atoms with Crippen LogP contribution in [0.25, 0.3) is 16.9 Å². The first-order chi connectivity index (χ1) is 17.7. The number of nitrogens with zero attached hydrogens (tertiary/aromatic N) is 5. The van der Waals surface area contributed by atoms with E-state index in [0.29, 0.717) is 10.5 Å². The summed E-state index contributed by atoms with van der Waals surface area (Å²) in [5.41, 5.74) is -2.12. The van der Waals surface area contributed by atoms with Gasteiger partial charge in [-0.05, 0) is 26.3 Å². The molecule has 1 aliphatic carbocycles. The summed E-state index contributed by atoms with van der Waals surface area (Å²) in [5, 5.41) is 2.10. The Labute approximate surface area is 212 Å². The van der Waals surface area contributed by atoms with Gasteiger partial charge in [-0.15, -0.1) is 0 Å². The highest BCUT2D eigenvalue weighted by molar-refractivity contribution is 5.76. The number of methoxy groups -OCH3 is 2. The molecule has 2 amide bonds. The third kappa shape index (κ3) is 4.76. The molecule has 38 heavy (non-hydrogen) atoms. The number of ether oxygens (including phenoxy) is 2. The van der Waals surface area contributed by atoms with Crippen molar-refractivity contribution in [3.8, 4) is 22.9 Å². The lowest BCUT2D eigenvalue weighted by Crippen LogP contribution is -2.49. The van der Waals surface area contributed by atoms with Gasteiger partial charge in [0.05, 0.1) is 37.2 Å². The SMILES string of the molecule is CCN(C(=O)N[C@H]1C[C@@]1(C)C(F)(F)F)[C@@H](c1cc(-c2cn3ccnc3c(OC)n2)c(OC)cn1)C(F)(F)F. The number of imidazole rings is 1. The first-order valence-corrected chi connectivity index (χ1v) is 11.4. The zero-order chi connectivity index (χ0) is 28.0. The van der Waals surface area contributed by atoms with E-state index in [4.69, 9.17) is 9.47 Å². The molecule has 1 fully saturated rings. The molecule has 0 saturated heterocycles. The Morgan fingerprint density at radius 3 is 2.50 bits per heavy atom. The van der Waals surface area contributed by atoms with Crippen LogP contribution in [0.5, 0.6) is 11.6 Å². The van der Waals surface area contributed by atoms with Gasteiger partial charge in [-0.3, -0.25) is 4.98 Å². The van der Waals surface area contributed by atoms with Crippen molar-refractivity contribution in [3.63, 3.8) is 0 Å². The summed E-state index contributed by atoms with van der Waals surface area (Å²) < 4.78 is 95.0. The zero-order valence-corrected chi connectivity index (χ0v) is 20.7. The van der Waals surface area contributed by atoms with Crippen LogP contribution in [0.15, 0.2) is 30.9 Å². The molecule has 206 valence electrons. The van der Waals surface area contributed by atoms with Gasteiger partial charge < -0.3 is 24.1 Å². The Kier molecular flexibility index (Phi) is 6.82. The molecule has 9 nitrogen and oxygen atoms in total. The van der Waals surface area contributed by atoms with Gasteiger partial charge in [-0.1, -0.05) is 0 Å². The Balaban J connectivity index is 1.74. The molecule has 0 aromatic carbocycles. The van der Waals surface area contributed by atoms with E-state index < -0.39 is 54.5 Å². The Morgan fingerprint density at radius 1 is 1.24 bits per heavy atom. The molecule has 0 unspecified atom stereocenters. The van der Waals surface area contributed by atoms with E-state index in [0.717, 1.165) is 19.2 Å². The predicted octanol–water partition coefficient (Wildman–Crippen LogP) is 4.78. The van der Waals surface area contributed by atoms with Crippen molar-refractivity contribution in [1.29, 1.82) is 0 Å². The third-order valence-electron chi connectivity index (χ3n) is 6.61. The van der Waals surface area contributed by atoms with Gasteiger partial charge >= 0.3 is 18.4 Å². The molecule has 1 N–H and O–H groups in total. The van der Waals surface area contributed by atoms with E-state index in [2.05, 4.69) is 20.3 Å². The smallest absolute Gasteiger partial charge is 0.414 e. The number of alkyl halides is 6. The number of pyridine rings is 1. The minimum atomic E-state index is -5.01. The number of amides is 2. The molecule has 0 spiro atoms. The summed E-state index contributed by atoms with van der Waals surface area (Å²) in [5.74, 6) is 0.196. The van der Waals surface area contributed by atoms with E-state index in [9.17, 15) is 31.1 Å². The lowest BCUT2D eigenvalue weighted by Gasteiger charge is -2.32. The van der Waals surface area contributed by atoms with Crippen LogP contribution in [0, 0.1) is 5.41 Å². The molecule has 0 bridgehead atoms. The molecular weight excluding hydrogens is 522 g/mol. The van der Waals surface area contributed by atoms with Crippen LogP contribution in [-0.4, -0.2) is 69.4 Å². The largest absolute Gasteiger partial charge is 0.494 e. The van der Waals surface area contributed by atoms with Gasteiger partial charge in [-0.25, -0.2) is 14.8 Å². The van der Waals surface area contributed by atoms with Gasteiger partial charge in [0.15, 0.2) is 11.7 Å². The monoisotopic (exact) mass is 546 g/mol. The van der Waals surface area contributed by atoms with Crippen LogP contribution < -0.4 is 14.8 Å². The van der Waals surface area contributed by atoms with E-state index in [1.54, 1.807) is 10.6 Å². The summed E-state index contributed by atoms with van der Waals surface area (Å²) in [6.45, 7) is 1.74. The molecular formula is C23H24F6N6O3. The van der Waals surface area contributed by atoms with Gasteiger partial charge in [0.2, 0.25) is 0 Å². The number of rotatable bonds is 7. The van der Waals surface area contributed by atoms with Crippen LogP contribution >= 0.6 is 0 Å². The summed E-state index contributed by atoms with van der Waals surface area (Å²) in [7, 11) is 2.66. The number of hydrogen-bond donors (Lipinski definition) is 1. The highest BCUT2D eigenvalue weighted by atomic mass is 19.4. The highest BCUT2D eigenvalue weighted by Crippen LogP contribution is 2.57. The van der Waals surface area contributed by atoms with Gasteiger partial charge in [0.25, 0.3) is 5.88 Å². The van der Waals surface area contributed by atoms with Crippen molar-refractivity contribution < 1.29 is 40.6 Å². The molecule has 3 heterocycles. The molecule has 1 aliphatic rings. The second-order valence-corrected chi connectivity index (χ2v) is 8.95. The maximum atomic E-state index is 14.4. The Morgan fingerprint density at radius 2 is 1.95 bits per heavy atom. The van der Waals surface area contributed by atoms with Crippen LogP contribution in [0.1, 0.15) is 32.0 Å². The number of hydrogen-bond acceptors (Lipinski definition) is 6. The van der Waals surface area contributed by atoms with E-state index >= 15 is 0 Å². The van der Waals surface area contributed by atoms with Crippen LogP contribution in [0.2, 0.25) is 0 Å². The topological polar surface area (TPSA) is 93.9 Å². The van der Waals surface area contributed by atoms with Crippen molar-refractivity contribution in [3.05, 3.63) is 36.5 Å². The highest BCUT2D eigenvalue weighted by Gasteiger charge is 2.68. The fourth-order valence-corrected chi connectivity index (χ4v) is 4.21. The number of nitrogens with one attached hydrogen (secondary N) is 1. The van der Waals surface area contributed by atoms with Crippen molar-refractivity contribution in [2.75, 3.05) is 20.8 Å². The number of aromatic nitrogens is 4. The molecule has 1 saturated carbocycles. The lowest BCUT2D eigenvalue weighted by atomic mass is 10.1. The van der Waals surface area contributed by atoms with Crippen molar-refractivity contribution >= 4 is 11.7 Å². The first-order valence-electron chi connectivity index (χ1n) is 11.4. The third-order valence-corrected chi connectivity index (χ3v) is 6.61. The normalized spacial score (nSPS) is 20.2. The minimum Gasteiger partial charge on any atom is -0.494 e. The second-order valence-electron chi connectivity index (χ2n) is 8.95. The maximum Gasteiger partial charge on any atom is 0.414 e. The summed E-state index contributed by atoms with van der Waals surface area (Å²) in [4.78, 5) is 25.6.